The molecule has 0 radical (unpaired) electrons. The molecule has 1 aliphatic heterocycles. The van der Waals surface area contributed by atoms with Crippen LogP contribution in [-0.4, -0.2) is 71.8 Å². The number of nitrogens with one attached hydrogen (secondary N) is 1. The van der Waals surface area contributed by atoms with E-state index in [0.717, 1.165) is 11.0 Å². The van der Waals surface area contributed by atoms with E-state index in [-0.39, 0.29) is 12.4 Å². The summed E-state index contributed by atoms with van der Waals surface area (Å²) in [5, 5.41) is 26.0. The number of rotatable bonds is 6. The Labute approximate surface area is 124 Å². The average Bonchev–Trinajstić information content (AvgIpc) is 2.98. The molecule has 0 spiro atoms. The van der Waals surface area contributed by atoms with Crippen molar-refractivity contribution in [3.8, 4) is 0 Å². The molecule has 1 aliphatic rings. The predicted octanol–water partition coefficient (Wildman–Crippen LogP) is -3.28. The molecule has 12 nitrogen and oxygen atoms in total. The minimum Gasteiger partial charge on any atom is -0.387 e. The van der Waals surface area contributed by atoms with Gasteiger partial charge in [0.05, 0.1) is 6.29 Å². The number of carbonyl (C=O) groups excluding carboxylic acids is 1. The van der Waals surface area contributed by atoms with Crippen LogP contribution >= 0.6 is 7.60 Å². The Balaban J connectivity index is 2.00. The maximum Gasteiger partial charge on any atom is 0.339 e. The van der Waals surface area contributed by atoms with E-state index in [4.69, 9.17) is 20.3 Å². The van der Waals surface area contributed by atoms with Gasteiger partial charge in [-0.1, -0.05) is 0 Å². The van der Waals surface area contributed by atoms with Gasteiger partial charge in [-0.15, -0.1) is 5.10 Å². The van der Waals surface area contributed by atoms with Gasteiger partial charge in [-0.25, -0.2) is 9.67 Å². The zero-order valence-electron chi connectivity index (χ0n) is 11.2. The van der Waals surface area contributed by atoms with Crippen LogP contribution < -0.4 is 11.1 Å². The maximum atomic E-state index is 10.9. The highest BCUT2D eigenvalue weighted by Crippen LogP contribution is 2.33. The van der Waals surface area contributed by atoms with Crippen LogP contribution in [0.2, 0.25) is 0 Å². The van der Waals surface area contributed by atoms with Crippen molar-refractivity contribution >= 4 is 13.5 Å². The lowest BCUT2D eigenvalue weighted by atomic mass is 10.1. The molecule has 1 amide bonds. The number of hydrogen-bond acceptors (Lipinski definition) is 8. The summed E-state index contributed by atoms with van der Waals surface area (Å²) in [5.41, 5.74) is 5.01. The fourth-order valence-corrected chi connectivity index (χ4v) is 2.40. The van der Waals surface area contributed by atoms with E-state index in [9.17, 15) is 19.6 Å². The minimum atomic E-state index is -4.23. The molecule has 13 heteroatoms. The number of amides is 1. The lowest BCUT2D eigenvalue weighted by Crippen LogP contribution is -2.38. The summed E-state index contributed by atoms with van der Waals surface area (Å²) < 4.78 is 17.1. The summed E-state index contributed by atoms with van der Waals surface area (Å²) >= 11 is 0. The van der Waals surface area contributed by atoms with Crippen molar-refractivity contribution in [3.63, 3.8) is 0 Å². The third kappa shape index (κ3) is 3.87. The number of aliphatic hydroxyl groups excluding tert-OH is 2. The highest BCUT2D eigenvalue weighted by atomic mass is 31.2. The Morgan fingerprint density at radius 3 is 2.68 bits per heavy atom. The molecule has 22 heavy (non-hydrogen) atoms. The number of carbonyl (C=O) groups is 1. The molecule has 124 valence electrons. The predicted molar refractivity (Wildman–Crippen MR) is 69.4 cm³/mol. The van der Waals surface area contributed by atoms with Gasteiger partial charge in [-0.2, -0.15) is 0 Å². The standard InChI is InChI=1S/C9H16N5O7P/c10-7(17)8-12-2-14(13-8)9-6(16)5(15)4(21-9)1-11-3-22(18,19)20/h2,4-6,9,11,15-16H,1,3H2,(H2,10,17)(H2,18,19,20)/t4-,5+,6?,9-/m1/s1. The van der Waals surface area contributed by atoms with E-state index in [1.165, 1.54) is 0 Å². The van der Waals surface area contributed by atoms with Crippen LogP contribution in [0.5, 0.6) is 0 Å². The molecule has 0 saturated carbocycles. The van der Waals surface area contributed by atoms with Crippen LogP contribution in [0, 0.1) is 0 Å². The van der Waals surface area contributed by atoms with Gasteiger partial charge in [-0.3, -0.25) is 9.36 Å². The first-order chi connectivity index (χ1) is 10.2. The average molecular weight is 337 g/mol. The molecule has 0 bridgehead atoms. The van der Waals surface area contributed by atoms with E-state index < -0.39 is 44.3 Å². The summed E-state index contributed by atoms with van der Waals surface area (Å²) in [6.07, 6.45) is -4.16. The maximum absolute atomic E-state index is 10.9. The lowest BCUT2D eigenvalue weighted by molar-refractivity contribution is -0.0436. The molecule has 7 N–H and O–H groups in total. The van der Waals surface area contributed by atoms with E-state index in [1.54, 1.807) is 0 Å². The minimum absolute atomic E-state index is 0.1000. The van der Waals surface area contributed by atoms with Crippen molar-refractivity contribution in [3.05, 3.63) is 12.2 Å². The first kappa shape index (κ1) is 17.0. The molecule has 2 heterocycles. The number of aliphatic hydroxyl groups is 2. The quantitative estimate of drug-likeness (QED) is 0.287. The van der Waals surface area contributed by atoms with Crippen LogP contribution in [0.1, 0.15) is 16.8 Å². The third-order valence-corrected chi connectivity index (χ3v) is 3.63. The van der Waals surface area contributed by atoms with Crippen molar-refractivity contribution in [1.29, 1.82) is 0 Å². The second-order valence-corrected chi connectivity index (χ2v) is 6.38. The van der Waals surface area contributed by atoms with Gasteiger partial charge in [0.15, 0.2) is 6.23 Å². The Bertz CT molecular complexity index is 589. The van der Waals surface area contributed by atoms with Crippen molar-refractivity contribution in [1.82, 2.24) is 20.1 Å². The van der Waals surface area contributed by atoms with Gasteiger partial charge >= 0.3 is 7.60 Å². The van der Waals surface area contributed by atoms with Gasteiger partial charge in [0, 0.05) is 6.54 Å². The Morgan fingerprint density at radius 2 is 2.14 bits per heavy atom. The zero-order valence-corrected chi connectivity index (χ0v) is 12.1. The number of nitrogens with zero attached hydrogens (tertiary/aromatic N) is 3. The molecule has 1 aromatic heterocycles. The van der Waals surface area contributed by atoms with Crippen LogP contribution in [0.15, 0.2) is 6.33 Å². The SMILES string of the molecule is NC(=O)c1ncn([C@@H]2O[C@H](CNCP(=O)(O)O)[C@H](O)C2O)n1. The van der Waals surface area contributed by atoms with E-state index in [1.807, 2.05) is 0 Å². The van der Waals surface area contributed by atoms with Crippen LogP contribution in [0.4, 0.5) is 0 Å². The van der Waals surface area contributed by atoms with Crippen LogP contribution in [0.25, 0.3) is 0 Å². The summed E-state index contributed by atoms with van der Waals surface area (Å²) in [4.78, 5) is 32.0. The molecule has 0 aromatic carbocycles. The Hall–Kier alpha value is -1.40. The number of nitrogens with two attached hydrogens (primary N) is 1. The largest absolute Gasteiger partial charge is 0.387 e. The van der Waals surface area contributed by atoms with Crippen molar-refractivity contribution < 1.29 is 34.1 Å². The van der Waals surface area contributed by atoms with Crippen LogP contribution in [0.3, 0.4) is 0 Å². The summed E-state index contributed by atoms with van der Waals surface area (Å²) in [7, 11) is -4.23. The van der Waals surface area contributed by atoms with E-state index in [0.29, 0.717) is 0 Å². The highest BCUT2D eigenvalue weighted by molar-refractivity contribution is 7.51. The third-order valence-electron chi connectivity index (χ3n) is 2.99. The molecular weight excluding hydrogens is 321 g/mol. The number of primary amides is 1. The summed E-state index contributed by atoms with van der Waals surface area (Å²) in [6, 6.07) is 0. The first-order valence-corrected chi connectivity index (χ1v) is 7.96. The van der Waals surface area contributed by atoms with Gasteiger partial charge in [0.2, 0.25) is 5.82 Å². The fraction of sp³-hybridized carbons (Fsp3) is 0.667. The number of ether oxygens (including phenoxy) is 1. The summed E-state index contributed by atoms with van der Waals surface area (Å²) in [5.74, 6) is -1.12. The van der Waals surface area contributed by atoms with Gasteiger partial charge < -0.3 is 35.8 Å². The van der Waals surface area contributed by atoms with Crippen molar-refractivity contribution in [2.75, 3.05) is 12.8 Å². The van der Waals surface area contributed by atoms with Gasteiger partial charge in [0.25, 0.3) is 5.91 Å². The normalized spacial score (nSPS) is 28.9. The Kier molecular flexibility index (Phi) is 4.92. The monoisotopic (exact) mass is 337 g/mol. The molecular formula is C9H16N5O7P. The second kappa shape index (κ2) is 6.38. The molecule has 4 atom stereocenters. The smallest absolute Gasteiger partial charge is 0.339 e. The van der Waals surface area contributed by atoms with Crippen LogP contribution in [-0.2, 0) is 9.30 Å². The second-order valence-electron chi connectivity index (χ2n) is 4.74. The molecule has 1 aromatic rings. The zero-order chi connectivity index (χ0) is 16.5. The number of hydrogen-bond donors (Lipinski definition) is 6. The molecule has 1 unspecified atom stereocenters. The topological polar surface area (TPSA) is 193 Å². The van der Waals surface area contributed by atoms with Crippen molar-refractivity contribution in [2.24, 2.45) is 5.73 Å². The van der Waals surface area contributed by atoms with Gasteiger partial charge in [0.1, 0.15) is 24.6 Å². The molecule has 2 rings (SSSR count). The highest BCUT2D eigenvalue weighted by Gasteiger charge is 2.44. The fourth-order valence-electron chi connectivity index (χ4n) is 1.98. The lowest BCUT2D eigenvalue weighted by Gasteiger charge is -2.15. The van der Waals surface area contributed by atoms with E-state index in [2.05, 4.69) is 15.4 Å². The number of aromatic nitrogens is 3. The first-order valence-electron chi connectivity index (χ1n) is 6.17. The molecule has 0 aliphatic carbocycles. The van der Waals surface area contributed by atoms with Gasteiger partial charge in [-0.05, 0) is 0 Å². The van der Waals surface area contributed by atoms with Crippen molar-refractivity contribution in [2.45, 2.75) is 24.5 Å². The molecule has 1 fully saturated rings. The summed E-state index contributed by atoms with van der Waals surface area (Å²) in [6.45, 7) is -0.1000. The van der Waals surface area contributed by atoms with E-state index >= 15 is 0 Å². The molecule has 1 saturated heterocycles. The Morgan fingerprint density at radius 1 is 1.45 bits per heavy atom.